The summed E-state index contributed by atoms with van der Waals surface area (Å²) in [5, 5.41) is 10.7. The first-order valence-corrected chi connectivity index (χ1v) is 10.5. The summed E-state index contributed by atoms with van der Waals surface area (Å²) in [5.41, 5.74) is 0.368. The van der Waals surface area contributed by atoms with Crippen LogP contribution in [0.25, 0.3) is 0 Å². The van der Waals surface area contributed by atoms with Crippen molar-refractivity contribution >= 4 is 52.7 Å². The third kappa shape index (κ3) is 6.76. The summed E-state index contributed by atoms with van der Waals surface area (Å²) in [6, 6.07) is 15.9. The van der Waals surface area contributed by atoms with Crippen molar-refractivity contribution < 1.29 is 21.8 Å². The Morgan fingerprint density at radius 1 is 1.18 bits per heavy atom. The molecule has 2 rings (SSSR count). The maximum absolute atomic E-state index is 11.3. The third-order valence-electron chi connectivity index (χ3n) is 2.34. The van der Waals surface area contributed by atoms with Crippen LogP contribution in [0, 0.1) is 3.57 Å². The zero-order valence-electron chi connectivity index (χ0n) is 11.6. The van der Waals surface area contributed by atoms with Gasteiger partial charge in [0.05, 0.1) is 0 Å². The summed E-state index contributed by atoms with van der Waals surface area (Å²) < 4.78 is 25.2. The number of anilines is 1. The van der Waals surface area contributed by atoms with Gasteiger partial charge >= 0.3 is 88.4 Å². The Morgan fingerprint density at radius 3 is 2.27 bits per heavy atom. The standard InChI is InChI=1S/C8H10AsNO5.C6H5I/c1-6(11)10-8-4-2-3-7(5-8)9(12,13)15-14;7-6-4-2-1-3-5-6/h2-5,14H,1H3,(H,10,11)(H,12,13);1-5H. The van der Waals surface area contributed by atoms with Crippen LogP contribution in [-0.2, 0) is 12.4 Å². The molecule has 0 fully saturated rings. The summed E-state index contributed by atoms with van der Waals surface area (Å²) in [6.45, 7) is 1.32. The smallest absolute Gasteiger partial charge is 0.0130 e. The topological polar surface area (TPSA) is 95.9 Å². The molecule has 1 unspecified atom stereocenters. The summed E-state index contributed by atoms with van der Waals surface area (Å²) in [7, 11) is 0. The van der Waals surface area contributed by atoms with E-state index in [1.54, 1.807) is 6.07 Å². The normalized spacial score (nSPS) is 12.5. The van der Waals surface area contributed by atoms with E-state index in [-0.39, 0.29) is 10.3 Å². The molecule has 3 N–H and O–H groups in total. The van der Waals surface area contributed by atoms with Crippen molar-refractivity contribution in [1.82, 2.24) is 0 Å². The van der Waals surface area contributed by atoms with Crippen LogP contribution in [0.2, 0.25) is 0 Å². The van der Waals surface area contributed by atoms with Crippen molar-refractivity contribution in [1.29, 1.82) is 0 Å². The van der Waals surface area contributed by atoms with E-state index in [1.165, 1.54) is 28.7 Å². The van der Waals surface area contributed by atoms with Crippen LogP contribution in [0.5, 0.6) is 0 Å². The van der Waals surface area contributed by atoms with E-state index in [0.29, 0.717) is 5.69 Å². The molecule has 0 radical (unpaired) electrons. The maximum atomic E-state index is 11.3. The molecule has 2 aromatic carbocycles. The van der Waals surface area contributed by atoms with Crippen LogP contribution in [0.1, 0.15) is 6.92 Å². The number of rotatable bonds is 3. The molecule has 0 aliphatic rings. The molecule has 2 aromatic rings. The van der Waals surface area contributed by atoms with Crippen molar-refractivity contribution in [3.63, 3.8) is 0 Å². The Balaban J connectivity index is 0.000000287. The molecule has 0 aliphatic heterocycles. The predicted molar refractivity (Wildman–Crippen MR) is 91.9 cm³/mol. The van der Waals surface area contributed by atoms with E-state index in [4.69, 9.17) is 5.26 Å². The van der Waals surface area contributed by atoms with E-state index < -0.39 is 14.2 Å². The van der Waals surface area contributed by atoms with Gasteiger partial charge in [-0.15, -0.1) is 0 Å². The fraction of sp³-hybridized carbons (Fsp3) is 0.0714. The SMILES string of the molecule is CC(=O)Nc1cccc([As](=O)(O)OO)c1.Ic1ccccc1. The predicted octanol–water partition coefficient (Wildman–Crippen LogP) is 1.99. The number of nitrogens with one attached hydrogen (secondary N) is 1. The number of hydrogen-bond acceptors (Lipinski definition) is 4. The average molecular weight is 479 g/mol. The molecular weight excluding hydrogens is 464 g/mol. The fourth-order valence-electron chi connectivity index (χ4n) is 1.42. The number of carbonyl (C=O) groups is 1. The average Bonchev–Trinajstić information content (AvgIpc) is 2.48. The molecule has 6 nitrogen and oxygen atoms in total. The Labute approximate surface area is 144 Å². The minimum absolute atomic E-state index is 0.0399. The maximum Gasteiger partial charge on any atom is 0.0130 e. The van der Waals surface area contributed by atoms with Crippen molar-refractivity contribution in [2.24, 2.45) is 0 Å². The van der Waals surface area contributed by atoms with Gasteiger partial charge in [-0.05, 0) is 34.7 Å². The third-order valence-corrected chi connectivity index (χ3v) is 5.47. The van der Waals surface area contributed by atoms with Crippen molar-refractivity contribution in [2.45, 2.75) is 6.92 Å². The number of amides is 1. The number of carbonyl (C=O) groups excluding carboxylic acids is 1. The summed E-state index contributed by atoms with van der Waals surface area (Å²) in [4.78, 5) is 10.7. The van der Waals surface area contributed by atoms with Crippen LogP contribution in [0.15, 0.2) is 54.6 Å². The number of hydrogen-bond donors (Lipinski definition) is 3. The molecule has 0 aliphatic carbocycles. The van der Waals surface area contributed by atoms with Gasteiger partial charge in [-0.1, -0.05) is 18.2 Å². The van der Waals surface area contributed by atoms with Crippen LogP contribution >= 0.6 is 22.6 Å². The molecular formula is C14H15AsINO5. The molecule has 0 saturated carbocycles. The van der Waals surface area contributed by atoms with Gasteiger partial charge in [-0.3, -0.25) is 0 Å². The van der Waals surface area contributed by atoms with E-state index in [1.807, 2.05) is 18.2 Å². The molecule has 0 spiro atoms. The van der Waals surface area contributed by atoms with Gasteiger partial charge in [-0.2, -0.15) is 0 Å². The molecule has 0 bridgehead atoms. The molecule has 8 heteroatoms. The van der Waals surface area contributed by atoms with Gasteiger partial charge in [0.2, 0.25) is 0 Å². The zero-order valence-corrected chi connectivity index (χ0v) is 15.7. The van der Waals surface area contributed by atoms with Crippen LogP contribution in [0.4, 0.5) is 5.69 Å². The summed E-state index contributed by atoms with van der Waals surface area (Å²) in [6.07, 6.45) is 0. The Kier molecular flexibility index (Phi) is 7.84. The molecule has 1 amide bonds. The molecule has 0 aromatic heterocycles. The minimum Gasteiger partial charge on any atom is -0.0622 e. The zero-order chi connectivity index (χ0) is 16.6. The van der Waals surface area contributed by atoms with Gasteiger partial charge in [0.1, 0.15) is 0 Å². The first-order chi connectivity index (χ1) is 10.3. The van der Waals surface area contributed by atoms with E-state index in [9.17, 15) is 12.6 Å². The van der Waals surface area contributed by atoms with Gasteiger partial charge in [0.25, 0.3) is 0 Å². The second kappa shape index (κ2) is 9.12. The molecule has 0 saturated heterocycles. The largest absolute Gasteiger partial charge is 0.0622 e. The van der Waals surface area contributed by atoms with Crippen LogP contribution < -0.4 is 9.67 Å². The quantitative estimate of drug-likeness (QED) is 0.271. The van der Waals surface area contributed by atoms with E-state index in [0.717, 1.165) is 0 Å². The monoisotopic (exact) mass is 479 g/mol. The van der Waals surface area contributed by atoms with Gasteiger partial charge in [0, 0.05) is 3.57 Å². The fourth-order valence-corrected chi connectivity index (χ4v) is 3.25. The van der Waals surface area contributed by atoms with E-state index >= 15 is 0 Å². The number of benzene rings is 2. The second-order valence-corrected chi connectivity index (χ2v) is 8.98. The Hall–Kier alpha value is -1.12. The second-order valence-electron chi connectivity index (χ2n) is 4.13. The molecule has 0 heterocycles. The Morgan fingerprint density at radius 2 is 1.82 bits per heavy atom. The summed E-state index contributed by atoms with van der Waals surface area (Å²) >= 11 is -2.55. The minimum atomic E-state index is -4.83. The molecule has 118 valence electrons. The van der Waals surface area contributed by atoms with Crippen molar-refractivity contribution in [3.05, 3.63) is 58.2 Å². The molecule has 22 heavy (non-hydrogen) atoms. The van der Waals surface area contributed by atoms with Gasteiger partial charge in [-0.25, -0.2) is 0 Å². The van der Waals surface area contributed by atoms with Gasteiger partial charge < -0.3 is 0 Å². The van der Waals surface area contributed by atoms with Gasteiger partial charge in [0.15, 0.2) is 0 Å². The molecule has 1 atom stereocenters. The van der Waals surface area contributed by atoms with Crippen LogP contribution in [0.3, 0.4) is 0 Å². The first-order valence-electron chi connectivity index (χ1n) is 6.10. The van der Waals surface area contributed by atoms with Crippen molar-refractivity contribution in [3.8, 4) is 0 Å². The Bertz CT molecular complexity index is 665. The summed E-state index contributed by atoms with van der Waals surface area (Å²) in [5.74, 6) is -0.294. The number of halogens is 1. The van der Waals surface area contributed by atoms with Crippen molar-refractivity contribution in [2.75, 3.05) is 5.32 Å². The first kappa shape index (κ1) is 18.9. The van der Waals surface area contributed by atoms with E-state index in [2.05, 4.69) is 43.9 Å². The van der Waals surface area contributed by atoms with Crippen LogP contribution in [-0.4, -0.2) is 29.4 Å².